The molecule has 2 aromatic rings. The van der Waals surface area contributed by atoms with Crippen molar-refractivity contribution in [2.45, 2.75) is 6.92 Å². The van der Waals surface area contributed by atoms with Crippen LogP contribution in [-0.4, -0.2) is 22.9 Å². The zero-order valence-electron chi connectivity index (χ0n) is 9.34. The first kappa shape index (κ1) is 10.9. The highest BCUT2D eigenvalue weighted by Crippen LogP contribution is 2.38. The lowest BCUT2D eigenvalue weighted by molar-refractivity contribution is 0.983. The van der Waals surface area contributed by atoms with Crippen LogP contribution in [0.3, 0.4) is 0 Å². The molecule has 2 rings (SSSR count). The van der Waals surface area contributed by atoms with E-state index in [9.17, 15) is 0 Å². The minimum atomic E-state index is 0.589. The fraction of sp³-hybridized carbons (Fsp3) is 0.273. The monoisotopic (exact) mass is 234 g/mol. The van der Waals surface area contributed by atoms with Gasteiger partial charge in [0.15, 0.2) is 0 Å². The SMILES string of the molecule is CCN(C)c1snc(N)c1-c1ccncc1. The van der Waals surface area contributed by atoms with Crippen molar-refractivity contribution >= 4 is 22.4 Å². The van der Waals surface area contributed by atoms with E-state index in [1.807, 2.05) is 19.2 Å². The Bertz CT molecular complexity index is 466. The van der Waals surface area contributed by atoms with Crippen molar-refractivity contribution in [3.05, 3.63) is 24.5 Å². The number of hydrogen-bond donors (Lipinski definition) is 1. The molecule has 0 saturated heterocycles. The molecule has 0 aliphatic carbocycles. The molecular formula is C11H14N4S. The van der Waals surface area contributed by atoms with Crippen LogP contribution < -0.4 is 10.6 Å². The fourth-order valence-electron chi connectivity index (χ4n) is 1.49. The van der Waals surface area contributed by atoms with Crippen LogP contribution in [0.2, 0.25) is 0 Å². The summed E-state index contributed by atoms with van der Waals surface area (Å²) in [5.74, 6) is 0.589. The predicted octanol–water partition coefficient (Wildman–Crippen LogP) is 2.24. The number of rotatable bonds is 3. The largest absolute Gasteiger partial charge is 0.382 e. The number of anilines is 2. The summed E-state index contributed by atoms with van der Waals surface area (Å²) in [5, 5.41) is 1.10. The summed E-state index contributed by atoms with van der Waals surface area (Å²) in [6.07, 6.45) is 3.53. The molecule has 5 heteroatoms. The maximum Gasteiger partial charge on any atom is 0.147 e. The van der Waals surface area contributed by atoms with Crippen LogP contribution in [0.5, 0.6) is 0 Å². The van der Waals surface area contributed by atoms with Crippen LogP contribution >= 0.6 is 11.5 Å². The second kappa shape index (κ2) is 4.49. The van der Waals surface area contributed by atoms with Crippen LogP contribution in [0, 0.1) is 0 Å². The zero-order valence-corrected chi connectivity index (χ0v) is 10.2. The number of nitrogens with zero attached hydrogens (tertiary/aromatic N) is 3. The molecule has 84 valence electrons. The van der Waals surface area contributed by atoms with Gasteiger partial charge in [-0.05, 0) is 36.2 Å². The van der Waals surface area contributed by atoms with Crippen molar-refractivity contribution in [1.29, 1.82) is 0 Å². The Morgan fingerprint density at radius 1 is 1.38 bits per heavy atom. The van der Waals surface area contributed by atoms with Crippen LogP contribution in [0.4, 0.5) is 10.8 Å². The molecule has 2 heterocycles. The van der Waals surface area contributed by atoms with Gasteiger partial charge in [0.05, 0.1) is 5.56 Å². The molecule has 16 heavy (non-hydrogen) atoms. The number of aromatic nitrogens is 2. The van der Waals surface area contributed by atoms with Crippen molar-refractivity contribution in [2.24, 2.45) is 0 Å². The van der Waals surface area contributed by atoms with Crippen LogP contribution in [-0.2, 0) is 0 Å². The Kier molecular flexibility index (Phi) is 3.05. The minimum absolute atomic E-state index is 0.589. The first-order valence-electron chi connectivity index (χ1n) is 5.10. The normalized spacial score (nSPS) is 10.4. The van der Waals surface area contributed by atoms with E-state index in [0.29, 0.717) is 5.82 Å². The molecular weight excluding hydrogens is 220 g/mol. The lowest BCUT2D eigenvalue weighted by Crippen LogP contribution is -2.15. The summed E-state index contributed by atoms with van der Waals surface area (Å²) in [4.78, 5) is 6.15. The molecule has 0 unspecified atom stereocenters. The van der Waals surface area contributed by atoms with E-state index in [1.54, 1.807) is 12.4 Å². The highest BCUT2D eigenvalue weighted by Gasteiger charge is 2.15. The standard InChI is InChI=1S/C11H14N4S/c1-3-15(2)11-9(10(12)14-16-11)8-4-6-13-7-5-8/h4-7H,3H2,1-2H3,(H2,12,14). The van der Waals surface area contributed by atoms with Crippen LogP contribution in [0.25, 0.3) is 11.1 Å². The Balaban J connectivity index is 2.52. The topological polar surface area (TPSA) is 55.0 Å². The van der Waals surface area contributed by atoms with Crippen LogP contribution in [0.1, 0.15) is 6.92 Å². The van der Waals surface area contributed by atoms with Gasteiger partial charge in [-0.25, -0.2) is 0 Å². The zero-order chi connectivity index (χ0) is 11.5. The van der Waals surface area contributed by atoms with Gasteiger partial charge in [0.25, 0.3) is 0 Å². The summed E-state index contributed by atoms with van der Waals surface area (Å²) >= 11 is 1.43. The summed E-state index contributed by atoms with van der Waals surface area (Å²) in [6, 6.07) is 3.90. The Hall–Kier alpha value is -1.62. The molecule has 0 atom stereocenters. The second-order valence-corrected chi connectivity index (χ2v) is 4.25. The smallest absolute Gasteiger partial charge is 0.147 e. The van der Waals surface area contributed by atoms with Gasteiger partial charge >= 0.3 is 0 Å². The summed E-state index contributed by atoms with van der Waals surface area (Å²) in [7, 11) is 2.04. The lowest BCUT2D eigenvalue weighted by Gasteiger charge is -2.15. The number of hydrogen-bond acceptors (Lipinski definition) is 5. The van der Waals surface area contributed by atoms with E-state index in [1.165, 1.54) is 11.5 Å². The van der Waals surface area contributed by atoms with Crippen LogP contribution in [0.15, 0.2) is 24.5 Å². The van der Waals surface area contributed by atoms with Crippen molar-refractivity contribution in [1.82, 2.24) is 9.36 Å². The quantitative estimate of drug-likeness (QED) is 0.885. The Morgan fingerprint density at radius 3 is 2.69 bits per heavy atom. The van der Waals surface area contributed by atoms with Gasteiger partial charge in [-0.1, -0.05) is 0 Å². The van der Waals surface area contributed by atoms with Gasteiger partial charge in [0.1, 0.15) is 10.8 Å². The van der Waals surface area contributed by atoms with E-state index < -0.39 is 0 Å². The van der Waals surface area contributed by atoms with Gasteiger partial charge in [0.2, 0.25) is 0 Å². The molecule has 4 nitrogen and oxygen atoms in total. The third-order valence-corrected chi connectivity index (χ3v) is 3.47. The Morgan fingerprint density at radius 2 is 2.06 bits per heavy atom. The molecule has 0 saturated carbocycles. The molecule has 0 bridgehead atoms. The average molecular weight is 234 g/mol. The van der Waals surface area contributed by atoms with Gasteiger partial charge < -0.3 is 10.6 Å². The Labute approximate surface area is 98.9 Å². The molecule has 0 fully saturated rings. The highest BCUT2D eigenvalue weighted by atomic mass is 32.1. The van der Waals surface area contributed by atoms with E-state index in [4.69, 9.17) is 5.73 Å². The molecule has 0 amide bonds. The molecule has 2 N–H and O–H groups in total. The average Bonchev–Trinajstić information content (AvgIpc) is 2.71. The molecule has 0 spiro atoms. The molecule has 0 aliphatic rings. The number of pyridine rings is 1. The van der Waals surface area contributed by atoms with Gasteiger partial charge in [-0.2, -0.15) is 4.37 Å². The van der Waals surface area contributed by atoms with E-state index in [2.05, 4.69) is 21.2 Å². The number of nitrogen functional groups attached to an aromatic ring is 1. The van der Waals surface area contributed by atoms with E-state index in [-0.39, 0.29) is 0 Å². The first-order chi connectivity index (χ1) is 7.74. The highest BCUT2D eigenvalue weighted by molar-refractivity contribution is 7.11. The second-order valence-electron chi connectivity index (χ2n) is 3.50. The van der Waals surface area contributed by atoms with E-state index >= 15 is 0 Å². The molecule has 0 aromatic carbocycles. The minimum Gasteiger partial charge on any atom is -0.382 e. The van der Waals surface area contributed by atoms with Gasteiger partial charge in [-0.3, -0.25) is 4.98 Å². The third-order valence-electron chi connectivity index (χ3n) is 2.49. The van der Waals surface area contributed by atoms with Crippen molar-refractivity contribution in [3.63, 3.8) is 0 Å². The summed E-state index contributed by atoms with van der Waals surface area (Å²) in [6.45, 7) is 3.03. The predicted molar refractivity (Wildman–Crippen MR) is 68.7 cm³/mol. The molecule has 0 aliphatic heterocycles. The summed E-state index contributed by atoms with van der Waals surface area (Å²) < 4.78 is 4.22. The van der Waals surface area contributed by atoms with E-state index in [0.717, 1.165) is 22.7 Å². The number of nitrogens with two attached hydrogens (primary N) is 1. The maximum atomic E-state index is 5.92. The molecule has 2 aromatic heterocycles. The van der Waals surface area contributed by atoms with Crippen molar-refractivity contribution in [3.8, 4) is 11.1 Å². The van der Waals surface area contributed by atoms with Crippen molar-refractivity contribution in [2.75, 3.05) is 24.2 Å². The lowest BCUT2D eigenvalue weighted by atomic mass is 10.1. The van der Waals surface area contributed by atoms with Crippen molar-refractivity contribution < 1.29 is 0 Å². The fourth-order valence-corrected chi connectivity index (χ4v) is 2.35. The molecule has 0 radical (unpaired) electrons. The van der Waals surface area contributed by atoms with Gasteiger partial charge in [0, 0.05) is 26.0 Å². The van der Waals surface area contributed by atoms with Gasteiger partial charge in [-0.15, -0.1) is 0 Å². The maximum absolute atomic E-state index is 5.92. The summed E-state index contributed by atoms with van der Waals surface area (Å²) in [5.41, 5.74) is 8.00. The first-order valence-corrected chi connectivity index (χ1v) is 5.88. The third kappa shape index (κ3) is 1.86.